The largest absolute Gasteiger partial charge is 0.496 e. The zero-order valence-corrected chi connectivity index (χ0v) is 14.8. The molecule has 1 aromatic heterocycles. The summed E-state index contributed by atoms with van der Waals surface area (Å²) in [6.45, 7) is 3.64. The van der Waals surface area contributed by atoms with Gasteiger partial charge in [0.25, 0.3) is 0 Å². The number of rotatable bonds is 2. The number of Topliss-reactive ketones (excluding diaryl/α,β-unsaturated/α-hetero) is 1. The van der Waals surface area contributed by atoms with Crippen molar-refractivity contribution in [1.29, 1.82) is 0 Å². The minimum absolute atomic E-state index is 0.00663. The minimum Gasteiger partial charge on any atom is -0.496 e. The van der Waals surface area contributed by atoms with E-state index in [0.29, 0.717) is 28.0 Å². The van der Waals surface area contributed by atoms with Gasteiger partial charge in [-0.15, -0.1) is 0 Å². The molecule has 0 fully saturated rings. The van der Waals surface area contributed by atoms with E-state index in [9.17, 15) is 9.59 Å². The van der Waals surface area contributed by atoms with Crippen molar-refractivity contribution in [1.82, 2.24) is 0 Å². The molecule has 2 heterocycles. The summed E-state index contributed by atoms with van der Waals surface area (Å²) in [5.41, 5.74) is 2.85. The quantitative estimate of drug-likeness (QED) is 0.650. The van der Waals surface area contributed by atoms with Crippen molar-refractivity contribution in [2.75, 3.05) is 7.11 Å². The van der Waals surface area contributed by atoms with Gasteiger partial charge in [-0.05, 0) is 37.1 Å². The predicted molar refractivity (Wildman–Crippen MR) is 97.3 cm³/mol. The average Bonchev–Trinajstić information content (AvgIpc) is 2.60. The lowest BCUT2D eigenvalue weighted by atomic mass is 9.91. The molecule has 0 spiro atoms. The zero-order chi connectivity index (χ0) is 18.4. The minimum atomic E-state index is -0.456. The van der Waals surface area contributed by atoms with E-state index in [0.717, 1.165) is 16.7 Å². The Hall–Kier alpha value is -3.08. The molecule has 1 aliphatic heterocycles. The van der Waals surface area contributed by atoms with Crippen LogP contribution in [0.4, 0.5) is 0 Å². The van der Waals surface area contributed by atoms with E-state index < -0.39 is 11.7 Å². The maximum atomic E-state index is 12.9. The van der Waals surface area contributed by atoms with Crippen LogP contribution in [0.2, 0.25) is 0 Å². The highest BCUT2D eigenvalue weighted by Gasteiger charge is 2.33. The summed E-state index contributed by atoms with van der Waals surface area (Å²) in [5.74, 6) is 1.16. The molecule has 5 nitrogen and oxygen atoms in total. The smallest absolute Gasteiger partial charge is 0.336 e. The number of fused-ring (bicyclic) bond motifs is 3. The second kappa shape index (κ2) is 6.02. The molecule has 1 unspecified atom stereocenters. The highest BCUT2D eigenvalue weighted by molar-refractivity contribution is 6.07. The third kappa shape index (κ3) is 2.47. The Bertz CT molecular complexity index is 1090. The van der Waals surface area contributed by atoms with Gasteiger partial charge in [0, 0.05) is 11.6 Å². The number of ether oxygens (including phenoxy) is 2. The molecule has 0 amide bonds. The van der Waals surface area contributed by atoms with Crippen LogP contribution in [-0.2, 0) is 0 Å². The molecule has 26 heavy (non-hydrogen) atoms. The normalized spacial score (nSPS) is 16.3. The Kier molecular flexibility index (Phi) is 3.80. The van der Waals surface area contributed by atoms with E-state index in [4.69, 9.17) is 13.9 Å². The molecule has 0 aliphatic carbocycles. The fourth-order valence-corrected chi connectivity index (χ4v) is 3.62. The van der Waals surface area contributed by atoms with Gasteiger partial charge in [-0.2, -0.15) is 0 Å². The van der Waals surface area contributed by atoms with E-state index in [2.05, 4.69) is 0 Å². The van der Waals surface area contributed by atoms with Gasteiger partial charge in [0.2, 0.25) is 0 Å². The van der Waals surface area contributed by atoms with Crippen LogP contribution in [0.3, 0.4) is 0 Å². The van der Waals surface area contributed by atoms with Crippen LogP contribution in [0.5, 0.6) is 11.5 Å². The van der Waals surface area contributed by atoms with Crippen molar-refractivity contribution in [3.8, 4) is 11.5 Å². The van der Waals surface area contributed by atoms with Crippen molar-refractivity contribution in [3.63, 3.8) is 0 Å². The molecule has 0 radical (unpaired) electrons. The Morgan fingerprint density at radius 1 is 1.08 bits per heavy atom. The highest BCUT2D eigenvalue weighted by Crippen LogP contribution is 2.43. The SMILES string of the molecule is COc1ccccc1C1CC(=O)c2c(C)cc3oc(=O)cc(C)c3c2O1. The fourth-order valence-electron chi connectivity index (χ4n) is 3.62. The van der Waals surface area contributed by atoms with Crippen molar-refractivity contribution >= 4 is 16.8 Å². The first-order chi connectivity index (χ1) is 12.5. The van der Waals surface area contributed by atoms with Crippen LogP contribution in [0.1, 0.15) is 39.6 Å². The number of ketones is 1. The molecule has 1 aliphatic rings. The molecule has 3 aromatic rings. The van der Waals surface area contributed by atoms with Crippen molar-refractivity contribution in [2.24, 2.45) is 0 Å². The summed E-state index contributed by atoms with van der Waals surface area (Å²) in [7, 11) is 1.59. The Morgan fingerprint density at radius 2 is 1.85 bits per heavy atom. The van der Waals surface area contributed by atoms with Gasteiger partial charge >= 0.3 is 5.63 Å². The van der Waals surface area contributed by atoms with Crippen molar-refractivity contribution < 1.29 is 18.7 Å². The van der Waals surface area contributed by atoms with Crippen LogP contribution in [0.15, 0.2) is 45.6 Å². The average molecular weight is 350 g/mol. The topological polar surface area (TPSA) is 65.7 Å². The van der Waals surface area contributed by atoms with Crippen LogP contribution in [-0.4, -0.2) is 12.9 Å². The molecule has 0 bridgehead atoms. The Morgan fingerprint density at radius 3 is 2.62 bits per heavy atom. The first kappa shape index (κ1) is 16.4. The summed E-state index contributed by atoms with van der Waals surface area (Å²) in [4.78, 5) is 24.6. The van der Waals surface area contributed by atoms with Gasteiger partial charge in [0.05, 0.1) is 24.5 Å². The van der Waals surface area contributed by atoms with E-state index in [1.807, 2.05) is 38.1 Å². The second-order valence-electron chi connectivity index (χ2n) is 6.49. The van der Waals surface area contributed by atoms with Crippen molar-refractivity contribution in [2.45, 2.75) is 26.4 Å². The molecule has 0 saturated heterocycles. The lowest BCUT2D eigenvalue weighted by Crippen LogP contribution is -2.22. The molecule has 5 heteroatoms. The van der Waals surface area contributed by atoms with Gasteiger partial charge in [0.1, 0.15) is 23.2 Å². The summed E-state index contributed by atoms with van der Waals surface area (Å²) in [6, 6.07) is 10.6. The maximum Gasteiger partial charge on any atom is 0.336 e. The van der Waals surface area contributed by atoms with E-state index >= 15 is 0 Å². The second-order valence-corrected chi connectivity index (χ2v) is 6.49. The number of aryl methyl sites for hydroxylation is 2. The number of benzene rings is 2. The van der Waals surface area contributed by atoms with Crippen LogP contribution in [0.25, 0.3) is 11.0 Å². The molecular weight excluding hydrogens is 332 g/mol. The zero-order valence-electron chi connectivity index (χ0n) is 14.8. The third-order valence-corrected chi connectivity index (χ3v) is 4.78. The molecule has 1 atom stereocenters. The molecule has 0 N–H and O–H groups in total. The summed E-state index contributed by atoms with van der Waals surface area (Å²) < 4.78 is 17.0. The number of hydrogen-bond acceptors (Lipinski definition) is 5. The summed E-state index contributed by atoms with van der Waals surface area (Å²) in [5, 5.41) is 0.665. The number of carbonyl (C=O) groups is 1. The molecule has 4 rings (SSSR count). The lowest BCUT2D eigenvalue weighted by molar-refractivity contribution is 0.0849. The van der Waals surface area contributed by atoms with Crippen LogP contribution in [0, 0.1) is 13.8 Å². The monoisotopic (exact) mass is 350 g/mol. The van der Waals surface area contributed by atoms with Gasteiger partial charge in [-0.3, -0.25) is 4.79 Å². The number of methoxy groups -OCH3 is 1. The standard InChI is InChI=1S/C21H18O5/c1-11-8-17-20(12(2)9-18(23)25-17)21-19(11)14(22)10-16(26-21)13-6-4-5-7-15(13)24-3/h4-9,16H,10H2,1-3H3. The van der Waals surface area contributed by atoms with Gasteiger partial charge < -0.3 is 13.9 Å². The molecule has 0 saturated carbocycles. The molecule has 2 aromatic carbocycles. The Labute approximate surface area is 150 Å². The van der Waals surface area contributed by atoms with Crippen LogP contribution < -0.4 is 15.1 Å². The molecule has 132 valence electrons. The number of hydrogen-bond donors (Lipinski definition) is 0. The number of para-hydroxylation sites is 1. The summed E-state index contributed by atoms with van der Waals surface area (Å²) >= 11 is 0. The van der Waals surface area contributed by atoms with Gasteiger partial charge in [-0.25, -0.2) is 4.79 Å². The summed E-state index contributed by atoms with van der Waals surface area (Å²) in [6.07, 6.45) is -0.224. The highest BCUT2D eigenvalue weighted by atomic mass is 16.5. The van der Waals surface area contributed by atoms with Crippen molar-refractivity contribution in [3.05, 3.63) is 69.1 Å². The first-order valence-electron chi connectivity index (χ1n) is 8.40. The molecular formula is C21H18O5. The third-order valence-electron chi connectivity index (χ3n) is 4.78. The fraction of sp³-hybridized carbons (Fsp3) is 0.238. The van der Waals surface area contributed by atoms with E-state index in [1.165, 1.54) is 6.07 Å². The van der Waals surface area contributed by atoms with Gasteiger partial charge in [0.15, 0.2) is 5.78 Å². The Balaban J connectivity index is 1.95. The maximum absolute atomic E-state index is 12.9. The van der Waals surface area contributed by atoms with E-state index in [-0.39, 0.29) is 12.2 Å². The number of carbonyl (C=O) groups excluding carboxylic acids is 1. The van der Waals surface area contributed by atoms with E-state index in [1.54, 1.807) is 13.2 Å². The lowest BCUT2D eigenvalue weighted by Gasteiger charge is -2.28. The predicted octanol–water partition coefficient (Wildman–Crippen LogP) is 4.12. The van der Waals surface area contributed by atoms with Crippen LogP contribution >= 0.6 is 0 Å². The first-order valence-corrected chi connectivity index (χ1v) is 8.40. The van der Waals surface area contributed by atoms with Gasteiger partial charge in [-0.1, -0.05) is 18.2 Å².